The van der Waals surface area contributed by atoms with Crippen molar-refractivity contribution in [2.75, 3.05) is 5.75 Å². The van der Waals surface area contributed by atoms with Crippen LogP contribution in [0.15, 0.2) is 55.3 Å². The molecule has 1 fully saturated rings. The summed E-state index contributed by atoms with van der Waals surface area (Å²) in [7, 11) is -7.05. The first-order valence-corrected chi connectivity index (χ1v) is 13.0. The number of pyridine rings is 1. The number of aromatic nitrogens is 3. The fourth-order valence-corrected chi connectivity index (χ4v) is 5.12. The first kappa shape index (κ1) is 22.7. The zero-order chi connectivity index (χ0) is 24.3. The summed E-state index contributed by atoms with van der Waals surface area (Å²) in [5.74, 6) is 0.286. The Morgan fingerprint density at radius 1 is 1.18 bits per heavy atom. The minimum absolute atomic E-state index is 0.0138. The highest BCUT2D eigenvalue weighted by atomic mass is 32.2. The van der Waals surface area contributed by atoms with Crippen LogP contribution >= 0.6 is 0 Å². The molecule has 3 heterocycles. The first-order chi connectivity index (χ1) is 16.1. The SMILES string of the molecule is CCS(=O)(=O)c1cc(-c2cc(C3CC3)no2)cnc1-c1nc2cc(S(=O)C(F)(F)F)ccc2o1. The van der Waals surface area contributed by atoms with Gasteiger partial charge in [-0.15, -0.1) is 0 Å². The lowest BCUT2D eigenvalue weighted by molar-refractivity contribution is -0.0384. The third-order valence-corrected chi connectivity index (χ3v) is 8.21. The summed E-state index contributed by atoms with van der Waals surface area (Å²) in [6, 6.07) is 6.33. The van der Waals surface area contributed by atoms with Gasteiger partial charge in [0.15, 0.2) is 32.0 Å². The van der Waals surface area contributed by atoms with Gasteiger partial charge in [-0.3, -0.25) is 0 Å². The Balaban J connectivity index is 1.60. The van der Waals surface area contributed by atoms with Crippen molar-refractivity contribution < 1.29 is 34.7 Å². The summed E-state index contributed by atoms with van der Waals surface area (Å²) in [6.07, 6.45) is 3.43. The number of benzene rings is 1. The maximum Gasteiger partial charge on any atom is 0.475 e. The van der Waals surface area contributed by atoms with Crippen LogP contribution < -0.4 is 0 Å². The average Bonchev–Trinajstić information content (AvgIpc) is 3.38. The summed E-state index contributed by atoms with van der Waals surface area (Å²) < 4.78 is 86.8. The molecule has 1 unspecified atom stereocenters. The van der Waals surface area contributed by atoms with E-state index >= 15 is 0 Å². The van der Waals surface area contributed by atoms with Crippen molar-refractivity contribution in [2.24, 2.45) is 0 Å². The number of sulfone groups is 1. The number of halogens is 3. The maximum atomic E-state index is 12.9. The van der Waals surface area contributed by atoms with Crippen molar-refractivity contribution in [1.82, 2.24) is 15.1 Å². The number of hydrogen-bond acceptors (Lipinski definition) is 8. The molecule has 0 spiro atoms. The van der Waals surface area contributed by atoms with Gasteiger partial charge < -0.3 is 8.94 Å². The smallest absolute Gasteiger partial charge is 0.435 e. The van der Waals surface area contributed by atoms with E-state index in [0.717, 1.165) is 30.7 Å². The van der Waals surface area contributed by atoms with E-state index < -0.39 is 31.0 Å². The Morgan fingerprint density at radius 3 is 2.62 bits per heavy atom. The minimum Gasteiger partial charge on any atom is -0.435 e. The molecule has 13 heteroatoms. The van der Waals surface area contributed by atoms with Gasteiger partial charge in [0.05, 0.1) is 21.2 Å². The lowest BCUT2D eigenvalue weighted by Crippen LogP contribution is -2.16. The Morgan fingerprint density at radius 2 is 1.94 bits per heavy atom. The molecular weight excluding hydrogens is 495 g/mol. The number of rotatable bonds is 6. The summed E-state index contributed by atoms with van der Waals surface area (Å²) in [5, 5.41) is 4.03. The lowest BCUT2D eigenvalue weighted by atomic mass is 10.2. The molecule has 1 aliphatic carbocycles. The molecule has 1 saturated carbocycles. The van der Waals surface area contributed by atoms with Gasteiger partial charge in [-0.05, 0) is 37.1 Å². The molecule has 0 amide bonds. The topological polar surface area (TPSA) is 116 Å². The van der Waals surface area contributed by atoms with Gasteiger partial charge in [-0.25, -0.2) is 22.6 Å². The lowest BCUT2D eigenvalue weighted by Gasteiger charge is -2.07. The van der Waals surface area contributed by atoms with Crippen LogP contribution in [-0.4, -0.2) is 39.0 Å². The number of nitrogens with zero attached hydrogens (tertiary/aromatic N) is 3. The van der Waals surface area contributed by atoms with Crippen molar-refractivity contribution in [3.8, 4) is 22.9 Å². The average molecular weight is 512 g/mol. The Kier molecular flexibility index (Phi) is 5.35. The van der Waals surface area contributed by atoms with Crippen LogP contribution in [0.2, 0.25) is 0 Å². The Labute approximate surface area is 193 Å². The van der Waals surface area contributed by atoms with E-state index in [9.17, 15) is 25.8 Å². The van der Waals surface area contributed by atoms with E-state index in [4.69, 9.17) is 8.94 Å². The number of alkyl halides is 3. The normalized spacial score (nSPS) is 15.6. The molecule has 34 heavy (non-hydrogen) atoms. The molecule has 1 atom stereocenters. The van der Waals surface area contributed by atoms with Crippen molar-refractivity contribution in [2.45, 2.75) is 41.0 Å². The van der Waals surface area contributed by atoms with E-state index in [1.54, 1.807) is 6.07 Å². The fourth-order valence-electron chi connectivity index (χ4n) is 3.39. The molecular formula is C21H16F3N3O5S2. The Hall–Kier alpha value is -3.06. The highest BCUT2D eigenvalue weighted by Crippen LogP contribution is 2.41. The number of oxazole rings is 1. The Bertz CT molecular complexity index is 1540. The van der Waals surface area contributed by atoms with E-state index in [1.165, 1.54) is 25.3 Å². The van der Waals surface area contributed by atoms with Gasteiger partial charge in [0.1, 0.15) is 11.2 Å². The van der Waals surface area contributed by atoms with Crippen molar-refractivity contribution in [3.63, 3.8) is 0 Å². The molecule has 8 nitrogen and oxygen atoms in total. The van der Waals surface area contributed by atoms with Crippen LogP contribution in [0.1, 0.15) is 31.4 Å². The zero-order valence-corrected chi connectivity index (χ0v) is 19.1. The van der Waals surface area contributed by atoms with Gasteiger partial charge in [0, 0.05) is 23.7 Å². The molecule has 3 aromatic heterocycles. The molecule has 5 rings (SSSR count). The summed E-state index contributed by atoms with van der Waals surface area (Å²) in [6.45, 7) is 1.47. The highest BCUT2D eigenvalue weighted by molar-refractivity contribution is 7.91. The summed E-state index contributed by atoms with van der Waals surface area (Å²) in [5.41, 5.74) is -3.76. The van der Waals surface area contributed by atoms with Gasteiger partial charge >= 0.3 is 5.51 Å². The van der Waals surface area contributed by atoms with Crippen molar-refractivity contribution in [3.05, 3.63) is 42.2 Å². The molecule has 178 valence electrons. The molecule has 1 aliphatic rings. The van der Waals surface area contributed by atoms with Crippen LogP contribution in [0.5, 0.6) is 0 Å². The largest absolute Gasteiger partial charge is 0.475 e. The van der Waals surface area contributed by atoms with Crippen LogP contribution in [0.25, 0.3) is 34.0 Å². The van der Waals surface area contributed by atoms with Crippen molar-refractivity contribution >= 4 is 31.7 Å². The highest BCUT2D eigenvalue weighted by Gasteiger charge is 2.38. The van der Waals surface area contributed by atoms with Gasteiger partial charge in [0.25, 0.3) is 0 Å². The van der Waals surface area contributed by atoms with Crippen molar-refractivity contribution in [1.29, 1.82) is 0 Å². The van der Waals surface area contributed by atoms with Crippen LogP contribution in [0.3, 0.4) is 0 Å². The maximum absolute atomic E-state index is 12.9. The van der Waals surface area contributed by atoms with E-state index in [1.807, 2.05) is 0 Å². The monoisotopic (exact) mass is 511 g/mol. The quantitative estimate of drug-likeness (QED) is 0.361. The molecule has 0 N–H and O–H groups in total. The van der Waals surface area contributed by atoms with Crippen LogP contribution in [0, 0.1) is 0 Å². The number of fused-ring (bicyclic) bond motifs is 1. The minimum atomic E-state index is -4.93. The molecule has 0 bridgehead atoms. The molecule has 0 saturated heterocycles. The van der Waals surface area contributed by atoms with Gasteiger partial charge in [0.2, 0.25) is 5.89 Å². The molecule has 0 aliphatic heterocycles. The van der Waals surface area contributed by atoms with Crippen LogP contribution in [-0.2, 0) is 20.6 Å². The van der Waals surface area contributed by atoms with E-state index in [-0.39, 0.29) is 33.3 Å². The summed E-state index contributed by atoms with van der Waals surface area (Å²) in [4.78, 5) is 7.70. The summed E-state index contributed by atoms with van der Waals surface area (Å²) >= 11 is 0. The second-order valence-corrected chi connectivity index (χ2v) is 11.4. The zero-order valence-electron chi connectivity index (χ0n) is 17.5. The van der Waals surface area contributed by atoms with E-state index in [2.05, 4.69) is 15.1 Å². The van der Waals surface area contributed by atoms with Crippen LogP contribution in [0.4, 0.5) is 13.2 Å². The molecule has 0 radical (unpaired) electrons. The fraction of sp³-hybridized carbons (Fsp3) is 0.286. The second kappa shape index (κ2) is 8.01. The predicted octanol–water partition coefficient (Wildman–Crippen LogP) is 4.84. The standard InChI is InChI=1S/C21H16F3N3O5S2/c1-2-34(29,30)18-7-12(17-9-14(27-32-17)11-3-4-11)10-25-19(18)20-26-15-8-13(5-6-16(15)31-20)33(28)21(22,23)24/h5-11H,2-4H2,1H3. The van der Waals surface area contributed by atoms with Gasteiger partial charge in [-0.2, -0.15) is 13.2 Å². The second-order valence-electron chi connectivity index (χ2n) is 7.73. The molecule has 1 aromatic carbocycles. The predicted molar refractivity (Wildman–Crippen MR) is 115 cm³/mol. The third kappa shape index (κ3) is 4.13. The number of hydrogen-bond donors (Lipinski definition) is 0. The third-order valence-electron chi connectivity index (χ3n) is 5.36. The first-order valence-electron chi connectivity index (χ1n) is 10.2. The van der Waals surface area contributed by atoms with E-state index in [0.29, 0.717) is 17.2 Å². The molecule has 4 aromatic rings. The van der Waals surface area contributed by atoms with Gasteiger partial charge in [-0.1, -0.05) is 12.1 Å².